The zero-order valence-electron chi connectivity index (χ0n) is 11.8. The van der Waals surface area contributed by atoms with Crippen molar-refractivity contribution in [3.63, 3.8) is 0 Å². The molecular formula is C13H18N2O4S2. The highest BCUT2D eigenvalue weighted by Crippen LogP contribution is 2.37. The fraction of sp³-hybridized carbons (Fsp3) is 0.538. The second-order valence-corrected chi connectivity index (χ2v) is 8.39. The quantitative estimate of drug-likeness (QED) is 0.491. The molecule has 1 aliphatic rings. The topological polar surface area (TPSA) is 89.3 Å². The molecule has 21 heavy (non-hydrogen) atoms. The normalized spacial score (nSPS) is 15.6. The smallest absolute Gasteiger partial charge is 0.304 e. The fourth-order valence-electron chi connectivity index (χ4n) is 2.27. The van der Waals surface area contributed by atoms with Gasteiger partial charge in [0, 0.05) is 18.9 Å². The summed E-state index contributed by atoms with van der Waals surface area (Å²) >= 11 is 0.921. The summed E-state index contributed by atoms with van der Waals surface area (Å²) in [4.78, 5) is 10.4. The average molecular weight is 330 g/mol. The largest absolute Gasteiger partial charge is 0.371 e. The highest BCUT2D eigenvalue weighted by atomic mass is 32.2. The van der Waals surface area contributed by atoms with Crippen LogP contribution < -0.4 is 5.32 Å². The molecule has 0 saturated heterocycles. The van der Waals surface area contributed by atoms with E-state index in [0.717, 1.165) is 42.9 Å². The molecule has 116 valence electrons. The molecule has 0 fully saturated rings. The lowest BCUT2D eigenvalue weighted by Gasteiger charge is -2.12. The number of thiophene rings is 1. The van der Waals surface area contributed by atoms with E-state index in [2.05, 4.69) is 11.4 Å². The third-order valence-corrected chi connectivity index (χ3v) is 6.25. The molecule has 1 aromatic heterocycles. The van der Waals surface area contributed by atoms with Crippen LogP contribution in [0, 0.1) is 10.1 Å². The van der Waals surface area contributed by atoms with Gasteiger partial charge >= 0.3 is 5.69 Å². The van der Waals surface area contributed by atoms with Gasteiger partial charge in [-0.05, 0) is 32.1 Å². The number of rotatable bonds is 6. The van der Waals surface area contributed by atoms with Crippen molar-refractivity contribution in [3.8, 4) is 0 Å². The van der Waals surface area contributed by atoms with Crippen LogP contribution in [0.3, 0.4) is 0 Å². The summed E-state index contributed by atoms with van der Waals surface area (Å²) in [7, 11) is -3.42. The number of nitro groups is 1. The van der Waals surface area contributed by atoms with Gasteiger partial charge in [-0.25, -0.2) is 8.42 Å². The number of nitrogens with one attached hydrogen (secondary N) is 1. The summed E-state index contributed by atoms with van der Waals surface area (Å²) in [5, 5.41) is 14.3. The van der Waals surface area contributed by atoms with Gasteiger partial charge in [-0.3, -0.25) is 10.1 Å². The Bertz CT molecular complexity index is 662. The Morgan fingerprint density at radius 1 is 1.43 bits per heavy atom. The number of anilines is 1. The van der Waals surface area contributed by atoms with E-state index in [-0.39, 0.29) is 9.90 Å². The van der Waals surface area contributed by atoms with E-state index in [1.807, 2.05) is 0 Å². The van der Waals surface area contributed by atoms with E-state index in [1.54, 1.807) is 0 Å². The molecule has 8 heteroatoms. The Kier molecular flexibility index (Phi) is 5.00. The lowest BCUT2D eigenvalue weighted by atomic mass is 9.97. The first-order valence-electron chi connectivity index (χ1n) is 6.78. The van der Waals surface area contributed by atoms with Crippen LogP contribution in [0.2, 0.25) is 0 Å². The second-order valence-electron chi connectivity index (χ2n) is 5.09. The van der Waals surface area contributed by atoms with Gasteiger partial charge in [0.05, 0.1) is 4.92 Å². The monoisotopic (exact) mass is 330 g/mol. The van der Waals surface area contributed by atoms with Crippen molar-refractivity contribution in [1.29, 1.82) is 0 Å². The van der Waals surface area contributed by atoms with Crippen LogP contribution in [0.15, 0.2) is 21.9 Å². The van der Waals surface area contributed by atoms with E-state index in [9.17, 15) is 18.5 Å². The van der Waals surface area contributed by atoms with Crippen molar-refractivity contribution >= 4 is 31.9 Å². The van der Waals surface area contributed by atoms with Crippen molar-refractivity contribution < 1.29 is 13.3 Å². The number of sulfone groups is 1. The SMILES string of the molecule is CS(=O)(=O)c1cc([N+](=O)[O-])c(NCCC2=CCCCC2)s1. The maximum absolute atomic E-state index is 11.5. The predicted molar refractivity (Wildman–Crippen MR) is 83.7 cm³/mol. The Balaban J connectivity index is 2.06. The molecule has 0 unspecified atom stereocenters. The molecule has 0 saturated carbocycles. The van der Waals surface area contributed by atoms with Gasteiger partial charge in [-0.15, -0.1) is 0 Å². The van der Waals surface area contributed by atoms with Crippen LogP contribution in [0.4, 0.5) is 10.7 Å². The third-order valence-electron chi connectivity index (χ3n) is 3.37. The van der Waals surface area contributed by atoms with Gasteiger partial charge < -0.3 is 5.32 Å². The minimum atomic E-state index is -3.42. The minimum absolute atomic E-state index is 0.0218. The summed E-state index contributed by atoms with van der Waals surface area (Å²) in [6, 6.07) is 1.13. The molecule has 0 aliphatic heterocycles. The van der Waals surface area contributed by atoms with Crippen LogP contribution in [0.5, 0.6) is 0 Å². The number of nitrogens with zero attached hydrogens (tertiary/aromatic N) is 1. The Labute approximate surface area is 127 Å². The van der Waals surface area contributed by atoms with Crippen molar-refractivity contribution in [2.24, 2.45) is 0 Å². The molecule has 1 heterocycles. The first-order valence-corrected chi connectivity index (χ1v) is 9.49. The van der Waals surface area contributed by atoms with E-state index in [4.69, 9.17) is 0 Å². The molecular weight excluding hydrogens is 312 g/mol. The van der Waals surface area contributed by atoms with E-state index in [0.29, 0.717) is 11.5 Å². The Hall–Kier alpha value is -1.41. The van der Waals surface area contributed by atoms with Crippen LogP contribution in [0.25, 0.3) is 0 Å². The van der Waals surface area contributed by atoms with Crippen LogP contribution in [0.1, 0.15) is 32.1 Å². The van der Waals surface area contributed by atoms with Crippen molar-refractivity contribution in [2.45, 2.75) is 36.3 Å². The van der Waals surface area contributed by atoms with E-state index < -0.39 is 14.8 Å². The van der Waals surface area contributed by atoms with Crippen LogP contribution in [-0.2, 0) is 9.84 Å². The number of allylic oxidation sites excluding steroid dienone is 1. The van der Waals surface area contributed by atoms with Gasteiger partial charge in [-0.2, -0.15) is 0 Å². The van der Waals surface area contributed by atoms with Gasteiger partial charge in [0.1, 0.15) is 4.21 Å². The first-order chi connectivity index (χ1) is 9.88. The first kappa shape index (κ1) is 16.0. The van der Waals surface area contributed by atoms with Crippen molar-refractivity contribution in [1.82, 2.24) is 0 Å². The average Bonchev–Trinajstić information content (AvgIpc) is 2.84. The Morgan fingerprint density at radius 3 is 2.76 bits per heavy atom. The van der Waals surface area contributed by atoms with E-state index in [1.165, 1.54) is 18.4 Å². The third kappa shape index (κ3) is 4.28. The summed E-state index contributed by atoms with van der Waals surface area (Å²) in [6.45, 7) is 0.580. The summed E-state index contributed by atoms with van der Waals surface area (Å²) in [5.41, 5.74) is 1.20. The summed E-state index contributed by atoms with van der Waals surface area (Å²) < 4.78 is 23.0. The lowest BCUT2D eigenvalue weighted by molar-refractivity contribution is -0.383. The molecule has 2 rings (SSSR count). The molecule has 1 N–H and O–H groups in total. The molecule has 1 aromatic rings. The summed E-state index contributed by atoms with van der Waals surface area (Å²) in [5.74, 6) is 0. The maximum atomic E-state index is 11.5. The molecule has 0 spiro atoms. The van der Waals surface area contributed by atoms with E-state index >= 15 is 0 Å². The van der Waals surface area contributed by atoms with Crippen molar-refractivity contribution in [3.05, 3.63) is 27.8 Å². The van der Waals surface area contributed by atoms with Crippen LogP contribution in [-0.4, -0.2) is 26.1 Å². The van der Waals surface area contributed by atoms with Crippen LogP contribution >= 0.6 is 11.3 Å². The highest BCUT2D eigenvalue weighted by molar-refractivity contribution is 7.92. The zero-order valence-corrected chi connectivity index (χ0v) is 13.4. The number of hydrogen-bond donors (Lipinski definition) is 1. The summed E-state index contributed by atoms with van der Waals surface area (Å²) in [6.07, 6.45) is 8.74. The van der Waals surface area contributed by atoms with Crippen molar-refractivity contribution in [2.75, 3.05) is 18.1 Å². The molecule has 1 aliphatic carbocycles. The second kappa shape index (κ2) is 6.57. The highest BCUT2D eigenvalue weighted by Gasteiger charge is 2.23. The van der Waals surface area contributed by atoms with Gasteiger partial charge in [-0.1, -0.05) is 23.0 Å². The standard InChI is InChI=1S/C13H18N2O4S2/c1-21(18,19)12-9-11(15(16)17)13(20-12)14-8-7-10-5-3-2-4-6-10/h5,9,14H,2-4,6-8H2,1H3. The maximum Gasteiger partial charge on any atom is 0.304 e. The molecule has 0 amide bonds. The van der Waals surface area contributed by atoms with Gasteiger partial charge in [0.25, 0.3) is 0 Å². The zero-order chi connectivity index (χ0) is 15.5. The van der Waals surface area contributed by atoms with Gasteiger partial charge in [0.15, 0.2) is 14.8 Å². The molecule has 0 aromatic carbocycles. The predicted octanol–water partition coefficient (Wildman–Crippen LogP) is 3.36. The lowest BCUT2D eigenvalue weighted by Crippen LogP contribution is -2.04. The molecule has 0 atom stereocenters. The Morgan fingerprint density at radius 2 is 2.19 bits per heavy atom. The fourth-order valence-corrected chi connectivity index (χ4v) is 4.24. The minimum Gasteiger partial charge on any atom is -0.371 e. The van der Waals surface area contributed by atoms with Gasteiger partial charge in [0.2, 0.25) is 0 Å². The molecule has 0 radical (unpaired) electrons. The molecule has 6 nitrogen and oxygen atoms in total. The molecule has 0 bridgehead atoms. The number of hydrogen-bond acceptors (Lipinski definition) is 6.